The minimum absolute atomic E-state index is 0.0683. The molecular formula is C23H21NO6. The van der Waals surface area contributed by atoms with Gasteiger partial charge in [0.05, 0.1) is 23.4 Å². The Kier molecular flexibility index (Phi) is 5.73. The summed E-state index contributed by atoms with van der Waals surface area (Å²) < 4.78 is 6.70. The molecule has 154 valence electrons. The summed E-state index contributed by atoms with van der Waals surface area (Å²) in [4.78, 5) is 36.8. The minimum Gasteiger partial charge on any atom is -0.478 e. The molecule has 0 fully saturated rings. The van der Waals surface area contributed by atoms with Crippen molar-refractivity contribution in [3.05, 3.63) is 76.5 Å². The fourth-order valence-electron chi connectivity index (χ4n) is 3.50. The summed E-state index contributed by atoms with van der Waals surface area (Å²) in [5.74, 6) is -3.32. The second-order valence-electron chi connectivity index (χ2n) is 6.73. The van der Waals surface area contributed by atoms with E-state index in [1.165, 1.54) is 12.1 Å². The second-order valence-corrected chi connectivity index (χ2v) is 6.73. The zero-order valence-corrected chi connectivity index (χ0v) is 16.8. The normalized spacial score (nSPS) is 10.6. The first kappa shape index (κ1) is 20.9. The lowest BCUT2D eigenvalue weighted by molar-refractivity contribution is 0.0514. The standard InChI is InChI=1S/C23H21NO6/c1-4-30-23(29)18-14(3)24(15-11-9-13(2)10-12-15)20(19(18)22(27)28)16-7-5-6-8-17(16)21(25)26/h5-12H,4H2,1-3H3,(H,25,26)(H,27,28). The summed E-state index contributed by atoms with van der Waals surface area (Å²) in [5, 5.41) is 19.7. The molecule has 7 heteroatoms. The molecule has 3 rings (SSSR count). The maximum absolute atomic E-state index is 12.7. The highest BCUT2D eigenvalue weighted by Crippen LogP contribution is 2.37. The van der Waals surface area contributed by atoms with Crippen LogP contribution in [-0.4, -0.2) is 39.3 Å². The van der Waals surface area contributed by atoms with Crippen molar-refractivity contribution in [2.75, 3.05) is 6.61 Å². The predicted octanol–water partition coefficient (Wildman–Crippen LogP) is 4.33. The zero-order valence-electron chi connectivity index (χ0n) is 16.8. The highest BCUT2D eigenvalue weighted by atomic mass is 16.5. The molecule has 0 aliphatic rings. The average Bonchev–Trinajstić information content (AvgIpc) is 3.02. The van der Waals surface area contributed by atoms with Crippen molar-refractivity contribution in [1.29, 1.82) is 0 Å². The van der Waals surface area contributed by atoms with Crippen LogP contribution in [0.4, 0.5) is 0 Å². The number of hydrogen-bond donors (Lipinski definition) is 2. The van der Waals surface area contributed by atoms with E-state index in [0.29, 0.717) is 11.4 Å². The fraction of sp³-hybridized carbons (Fsp3) is 0.174. The van der Waals surface area contributed by atoms with Gasteiger partial charge in [0.15, 0.2) is 0 Å². The molecule has 30 heavy (non-hydrogen) atoms. The van der Waals surface area contributed by atoms with Gasteiger partial charge in [-0.1, -0.05) is 35.9 Å². The lowest BCUT2D eigenvalue weighted by Gasteiger charge is -2.14. The molecule has 1 aromatic heterocycles. The highest BCUT2D eigenvalue weighted by molar-refractivity contribution is 6.10. The molecular weight excluding hydrogens is 386 g/mol. The van der Waals surface area contributed by atoms with Crippen molar-refractivity contribution in [2.24, 2.45) is 0 Å². The monoisotopic (exact) mass is 407 g/mol. The van der Waals surface area contributed by atoms with Gasteiger partial charge >= 0.3 is 17.9 Å². The number of rotatable bonds is 6. The molecule has 0 spiro atoms. The molecule has 0 unspecified atom stereocenters. The molecule has 0 aliphatic heterocycles. The van der Waals surface area contributed by atoms with Crippen LogP contribution in [0, 0.1) is 13.8 Å². The van der Waals surface area contributed by atoms with E-state index < -0.39 is 17.9 Å². The van der Waals surface area contributed by atoms with Crippen LogP contribution in [-0.2, 0) is 4.74 Å². The van der Waals surface area contributed by atoms with E-state index in [0.717, 1.165) is 5.56 Å². The van der Waals surface area contributed by atoms with Crippen molar-refractivity contribution < 1.29 is 29.3 Å². The van der Waals surface area contributed by atoms with E-state index in [4.69, 9.17) is 4.74 Å². The molecule has 0 bridgehead atoms. The van der Waals surface area contributed by atoms with E-state index in [-0.39, 0.29) is 34.6 Å². The first-order valence-electron chi connectivity index (χ1n) is 9.33. The molecule has 0 amide bonds. The van der Waals surface area contributed by atoms with Gasteiger partial charge in [-0.3, -0.25) is 0 Å². The van der Waals surface area contributed by atoms with E-state index >= 15 is 0 Å². The lowest BCUT2D eigenvalue weighted by atomic mass is 9.99. The smallest absolute Gasteiger partial charge is 0.340 e. The van der Waals surface area contributed by atoms with Crippen LogP contribution in [0.1, 0.15) is 49.3 Å². The number of aromatic carboxylic acids is 2. The number of carbonyl (C=O) groups excluding carboxylic acids is 1. The van der Waals surface area contributed by atoms with E-state index in [9.17, 15) is 24.6 Å². The number of carboxylic acids is 2. The third-order valence-corrected chi connectivity index (χ3v) is 4.81. The molecule has 0 saturated heterocycles. The Bertz CT molecular complexity index is 1140. The molecule has 1 heterocycles. The molecule has 0 radical (unpaired) electrons. The topological polar surface area (TPSA) is 106 Å². The predicted molar refractivity (Wildman–Crippen MR) is 111 cm³/mol. The largest absolute Gasteiger partial charge is 0.478 e. The molecule has 2 aromatic carbocycles. The quantitative estimate of drug-likeness (QED) is 0.589. The van der Waals surface area contributed by atoms with E-state index in [1.54, 1.807) is 42.7 Å². The van der Waals surface area contributed by atoms with Gasteiger partial charge in [-0.15, -0.1) is 0 Å². The summed E-state index contributed by atoms with van der Waals surface area (Å²) in [6.45, 7) is 5.24. The molecule has 0 atom stereocenters. The van der Waals surface area contributed by atoms with Crippen LogP contribution in [0.5, 0.6) is 0 Å². The van der Waals surface area contributed by atoms with Crippen LogP contribution >= 0.6 is 0 Å². The maximum Gasteiger partial charge on any atom is 0.340 e. The van der Waals surface area contributed by atoms with Crippen molar-refractivity contribution in [1.82, 2.24) is 4.57 Å². The molecule has 2 N–H and O–H groups in total. The number of aromatic nitrogens is 1. The Morgan fingerprint density at radius 1 is 0.900 bits per heavy atom. The first-order valence-corrected chi connectivity index (χ1v) is 9.33. The van der Waals surface area contributed by atoms with Gasteiger partial charge in [0.25, 0.3) is 0 Å². The van der Waals surface area contributed by atoms with E-state index in [2.05, 4.69) is 0 Å². The highest BCUT2D eigenvalue weighted by Gasteiger charge is 2.33. The van der Waals surface area contributed by atoms with Gasteiger partial charge in [0.1, 0.15) is 5.56 Å². The number of esters is 1. The first-order chi connectivity index (χ1) is 14.3. The molecule has 7 nitrogen and oxygen atoms in total. The number of ether oxygens (including phenoxy) is 1. The Labute approximate surface area is 173 Å². The summed E-state index contributed by atoms with van der Waals surface area (Å²) in [6.07, 6.45) is 0. The Balaban J connectivity index is 2.49. The van der Waals surface area contributed by atoms with Crippen molar-refractivity contribution in [2.45, 2.75) is 20.8 Å². The van der Waals surface area contributed by atoms with Crippen LogP contribution in [0.3, 0.4) is 0 Å². The number of carboxylic acid groups (broad SMARTS) is 2. The zero-order chi connectivity index (χ0) is 22.0. The van der Waals surface area contributed by atoms with Gasteiger partial charge in [-0.05, 0) is 39.0 Å². The summed E-state index contributed by atoms with van der Waals surface area (Å²) in [6, 6.07) is 13.4. The van der Waals surface area contributed by atoms with Crippen LogP contribution in [0.2, 0.25) is 0 Å². The van der Waals surface area contributed by atoms with Gasteiger partial charge in [0, 0.05) is 16.9 Å². The summed E-state index contributed by atoms with van der Waals surface area (Å²) >= 11 is 0. The van der Waals surface area contributed by atoms with Gasteiger partial charge in [-0.25, -0.2) is 14.4 Å². The van der Waals surface area contributed by atoms with Crippen LogP contribution < -0.4 is 0 Å². The lowest BCUT2D eigenvalue weighted by Crippen LogP contribution is -2.11. The number of hydrogen-bond acceptors (Lipinski definition) is 4. The van der Waals surface area contributed by atoms with Crippen LogP contribution in [0.25, 0.3) is 16.9 Å². The van der Waals surface area contributed by atoms with Crippen molar-refractivity contribution in [3.8, 4) is 16.9 Å². The minimum atomic E-state index is -1.35. The Hall–Kier alpha value is -3.87. The number of benzene rings is 2. The van der Waals surface area contributed by atoms with Crippen LogP contribution in [0.15, 0.2) is 48.5 Å². The summed E-state index contributed by atoms with van der Waals surface area (Å²) in [5.41, 5.74) is 1.81. The number of nitrogens with zero attached hydrogens (tertiary/aromatic N) is 1. The summed E-state index contributed by atoms with van der Waals surface area (Å²) in [7, 11) is 0. The number of aryl methyl sites for hydroxylation is 1. The Morgan fingerprint density at radius 2 is 1.53 bits per heavy atom. The molecule has 0 aliphatic carbocycles. The molecule has 3 aromatic rings. The Morgan fingerprint density at radius 3 is 2.10 bits per heavy atom. The van der Waals surface area contributed by atoms with Gasteiger partial charge in [-0.2, -0.15) is 0 Å². The third-order valence-electron chi connectivity index (χ3n) is 4.81. The van der Waals surface area contributed by atoms with E-state index in [1.807, 2.05) is 19.1 Å². The fourth-order valence-corrected chi connectivity index (χ4v) is 3.50. The van der Waals surface area contributed by atoms with Gasteiger partial charge in [0.2, 0.25) is 0 Å². The third kappa shape index (κ3) is 3.57. The molecule has 0 saturated carbocycles. The van der Waals surface area contributed by atoms with Crippen molar-refractivity contribution in [3.63, 3.8) is 0 Å². The number of carbonyl (C=O) groups is 3. The van der Waals surface area contributed by atoms with Crippen molar-refractivity contribution >= 4 is 17.9 Å². The second kappa shape index (κ2) is 8.24. The maximum atomic E-state index is 12.7. The SMILES string of the molecule is CCOC(=O)c1c(C(=O)O)c(-c2ccccc2C(=O)O)n(-c2ccc(C)cc2)c1C. The van der Waals surface area contributed by atoms with Gasteiger partial charge < -0.3 is 19.5 Å². The average molecular weight is 407 g/mol.